The van der Waals surface area contributed by atoms with Crippen LogP contribution in [-0.4, -0.2) is 23.9 Å². The molecule has 4 heteroatoms. The zero-order chi connectivity index (χ0) is 16.9. The van der Waals surface area contributed by atoms with Gasteiger partial charge in [-0.3, -0.25) is 4.79 Å². The van der Waals surface area contributed by atoms with E-state index in [9.17, 15) is 4.79 Å². The molecule has 1 fully saturated rings. The highest BCUT2D eigenvalue weighted by molar-refractivity contribution is 5.94. The lowest BCUT2D eigenvalue weighted by atomic mass is 9.89. The van der Waals surface area contributed by atoms with E-state index in [0.717, 1.165) is 31.5 Å². The van der Waals surface area contributed by atoms with Crippen LogP contribution in [0.15, 0.2) is 42.5 Å². The Labute approximate surface area is 142 Å². The van der Waals surface area contributed by atoms with Crippen molar-refractivity contribution in [2.45, 2.75) is 25.3 Å². The molecule has 1 aliphatic heterocycles. The van der Waals surface area contributed by atoms with E-state index < -0.39 is 0 Å². The first kappa shape index (κ1) is 16.2. The summed E-state index contributed by atoms with van der Waals surface area (Å²) in [5.41, 5.74) is 9.09. The molecule has 1 radical (unpaired) electrons. The van der Waals surface area contributed by atoms with Gasteiger partial charge in [-0.2, -0.15) is 5.26 Å². The molecule has 1 saturated heterocycles. The number of hydrogen-bond donors (Lipinski definition) is 1. The molecule has 2 aromatic carbocycles. The first-order valence-electron chi connectivity index (χ1n) is 8.21. The lowest BCUT2D eigenvalue weighted by molar-refractivity contribution is 0.0712. The van der Waals surface area contributed by atoms with E-state index in [-0.39, 0.29) is 5.91 Å². The van der Waals surface area contributed by atoms with Crippen molar-refractivity contribution in [1.29, 1.82) is 5.26 Å². The van der Waals surface area contributed by atoms with E-state index >= 15 is 0 Å². The Kier molecular flexibility index (Phi) is 4.93. The van der Waals surface area contributed by atoms with Crippen molar-refractivity contribution in [2.75, 3.05) is 13.1 Å². The standard InChI is InChI=1S/C20H20N3O/c21-13-15-1-5-17(6-2-15)18-9-11-23(12-10-18)20(24)19-7-3-16(14-22)4-8-19/h1-7,18H,9-12,14,22H2. The van der Waals surface area contributed by atoms with Crippen LogP contribution in [0.2, 0.25) is 0 Å². The SMILES string of the molecule is N#Cc1ccc(C2CCN(C(=O)c3[c]cc(CN)cc3)CC2)cc1. The molecule has 121 valence electrons. The Morgan fingerprint density at radius 3 is 2.46 bits per heavy atom. The molecule has 0 aliphatic carbocycles. The summed E-state index contributed by atoms with van der Waals surface area (Å²) < 4.78 is 0. The van der Waals surface area contributed by atoms with Gasteiger partial charge in [0.25, 0.3) is 5.91 Å². The summed E-state index contributed by atoms with van der Waals surface area (Å²) in [4.78, 5) is 14.5. The highest BCUT2D eigenvalue weighted by Gasteiger charge is 2.24. The van der Waals surface area contributed by atoms with Gasteiger partial charge in [-0.25, -0.2) is 0 Å². The van der Waals surface area contributed by atoms with Crippen molar-refractivity contribution < 1.29 is 4.79 Å². The molecule has 0 spiro atoms. The molecule has 0 saturated carbocycles. The third-order valence-corrected chi connectivity index (χ3v) is 4.64. The molecule has 24 heavy (non-hydrogen) atoms. The molecule has 2 aromatic rings. The van der Waals surface area contributed by atoms with Gasteiger partial charge >= 0.3 is 0 Å². The maximum Gasteiger partial charge on any atom is 0.254 e. The summed E-state index contributed by atoms with van der Waals surface area (Å²) in [5, 5.41) is 8.87. The fourth-order valence-corrected chi connectivity index (χ4v) is 3.13. The number of carbonyl (C=O) groups excluding carboxylic acids is 1. The van der Waals surface area contributed by atoms with Crippen LogP contribution in [0.1, 0.15) is 45.8 Å². The lowest BCUT2D eigenvalue weighted by Crippen LogP contribution is -2.37. The number of piperidine rings is 1. The number of nitriles is 1. The fourth-order valence-electron chi connectivity index (χ4n) is 3.13. The number of carbonyl (C=O) groups is 1. The number of nitrogens with two attached hydrogens (primary N) is 1. The summed E-state index contributed by atoms with van der Waals surface area (Å²) in [7, 11) is 0. The molecular formula is C20H20N3O. The Bertz CT molecular complexity index is 736. The number of hydrogen-bond acceptors (Lipinski definition) is 3. The summed E-state index contributed by atoms with van der Waals surface area (Å²) in [6.45, 7) is 1.95. The number of likely N-dealkylation sites (tertiary alicyclic amines) is 1. The van der Waals surface area contributed by atoms with Gasteiger partial charge in [0.05, 0.1) is 11.6 Å². The van der Waals surface area contributed by atoms with Gasteiger partial charge in [0.15, 0.2) is 0 Å². The van der Waals surface area contributed by atoms with Gasteiger partial charge in [0.2, 0.25) is 0 Å². The fraction of sp³-hybridized carbons (Fsp3) is 0.300. The van der Waals surface area contributed by atoms with E-state index in [2.05, 4.69) is 12.1 Å². The van der Waals surface area contributed by atoms with E-state index in [1.807, 2.05) is 35.2 Å². The minimum absolute atomic E-state index is 0.0387. The highest BCUT2D eigenvalue weighted by atomic mass is 16.2. The summed E-state index contributed by atoms with van der Waals surface area (Å²) in [5.74, 6) is 0.488. The van der Waals surface area contributed by atoms with Gasteiger partial charge in [-0.05, 0) is 60.2 Å². The Morgan fingerprint density at radius 2 is 1.92 bits per heavy atom. The lowest BCUT2D eigenvalue weighted by Gasteiger charge is -2.32. The molecule has 0 bridgehead atoms. The molecule has 1 amide bonds. The predicted molar refractivity (Wildman–Crippen MR) is 92.2 cm³/mol. The Hall–Kier alpha value is -2.64. The molecule has 4 nitrogen and oxygen atoms in total. The Morgan fingerprint density at radius 1 is 1.21 bits per heavy atom. The predicted octanol–water partition coefficient (Wildman–Crippen LogP) is 2.84. The molecule has 1 aliphatic rings. The molecule has 0 aromatic heterocycles. The normalized spacial score (nSPS) is 15.1. The minimum Gasteiger partial charge on any atom is -0.339 e. The van der Waals surface area contributed by atoms with Crippen LogP contribution in [0.3, 0.4) is 0 Å². The number of rotatable bonds is 3. The maximum absolute atomic E-state index is 12.6. The van der Waals surface area contributed by atoms with Crippen LogP contribution in [-0.2, 0) is 6.54 Å². The molecule has 0 unspecified atom stereocenters. The molecular weight excluding hydrogens is 298 g/mol. The van der Waals surface area contributed by atoms with E-state index in [1.54, 1.807) is 12.1 Å². The van der Waals surface area contributed by atoms with Gasteiger partial charge in [-0.1, -0.05) is 18.2 Å². The summed E-state index contributed by atoms with van der Waals surface area (Å²) in [6, 6.07) is 18.4. The van der Waals surface area contributed by atoms with Crippen molar-refractivity contribution in [3.05, 3.63) is 70.8 Å². The smallest absolute Gasteiger partial charge is 0.254 e. The van der Waals surface area contributed by atoms with Crippen LogP contribution in [0.25, 0.3) is 0 Å². The molecule has 3 rings (SSSR count). The average Bonchev–Trinajstić information content (AvgIpc) is 2.68. The first-order valence-corrected chi connectivity index (χ1v) is 8.21. The second-order valence-corrected chi connectivity index (χ2v) is 6.12. The highest BCUT2D eigenvalue weighted by Crippen LogP contribution is 2.28. The third kappa shape index (κ3) is 3.47. The second-order valence-electron chi connectivity index (χ2n) is 6.12. The molecule has 2 N–H and O–H groups in total. The van der Waals surface area contributed by atoms with Gasteiger partial charge in [0.1, 0.15) is 0 Å². The maximum atomic E-state index is 12.6. The third-order valence-electron chi connectivity index (χ3n) is 4.64. The van der Waals surface area contributed by atoms with Crippen molar-refractivity contribution in [3.63, 3.8) is 0 Å². The zero-order valence-corrected chi connectivity index (χ0v) is 13.5. The van der Waals surface area contributed by atoms with Gasteiger partial charge in [-0.15, -0.1) is 0 Å². The minimum atomic E-state index is 0.0387. The monoisotopic (exact) mass is 318 g/mol. The van der Waals surface area contributed by atoms with Crippen LogP contribution in [0, 0.1) is 17.4 Å². The van der Waals surface area contributed by atoms with Crippen molar-refractivity contribution in [2.24, 2.45) is 5.73 Å². The van der Waals surface area contributed by atoms with Crippen molar-refractivity contribution >= 4 is 5.91 Å². The average molecular weight is 318 g/mol. The largest absolute Gasteiger partial charge is 0.339 e. The van der Waals surface area contributed by atoms with E-state index in [4.69, 9.17) is 11.0 Å². The second kappa shape index (κ2) is 7.29. The van der Waals surface area contributed by atoms with Crippen LogP contribution in [0.4, 0.5) is 0 Å². The quantitative estimate of drug-likeness (QED) is 0.946. The first-order chi connectivity index (χ1) is 11.7. The van der Waals surface area contributed by atoms with Crippen LogP contribution >= 0.6 is 0 Å². The number of nitrogens with zero attached hydrogens (tertiary/aromatic N) is 2. The zero-order valence-electron chi connectivity index (χ0n) is 13.5. The summed E-state index contributed by atoms with van der Waals surface area (Å²) in [6.07, 6.45) is 1.89. The number of amides is 1. The van der Waals surface area contributed by atoms with Gasteiger partial charge < -0.3 is 10.6 Å². The summed E-state index contributed by atoms with van der Waals surface area (Å²) >= 11 is 0. The molecule has 1 heterocycles. The van der Waals surface area contributed by atoms with Crippen LogP contribution < -0.4 is 5.73 Å². The topological polar surface area (TPSA) is 70.1 Å². The van der Waals surface area contributed by atoms with E-state index in [1.165, 1.54) is 5.56 Å². The van der Waals surface area contributed by atoms with Crippen molar-refractivity contribution in [1.82, 2.24) is 4.90 Å². The van der Waals surface area contributed by atoms with Gasteiger partial charge in [0, 0.05) is 25.2 Å². The van der Waals surface area contributed by atoms with Crippen LogP contribution in [0.5, 0.6) is 0 Å². The van der Waals surface area contributed by atoms with E-state index in [0.29, 0.717) is 23.6 Å². The number of benzene rings is 2. The Balaban J connectivity index is 1.61. The molecule has 0 atom stereocenters. The van der Waals surface area contributed by atoms with Crippen molar-refractivity contribution in [3.8, 4) is 6.07 Å².